The first-order valence-corrected chi connectivity index (χ1v) is 8.79. The first-order valence-electron chi connectivity index (χ1n) is 8.41. The van der Waals surface area contributed by atoms with E-state index >= 15 is 0 Å². The molecule has 3 rings (SSSR count). The third-order valence-corrected chi connectivity index (χ3v) is 4.04. The summed E-state index contributed by atoms with van der Waals surface area (Å²) in [7, 11) is 0. The van der Waals surface area contributed by atoms with Crippen molar-refractivity contribution >= 4 is 17.6 Å². The summed E-state index contributed by atoms with van der Waals surface area (Å²) in [6, 6.07) is 14.4. The number of hydrogen-bond acceptors (Lipinski definition) is 5. The maximum absolute atomic E-state index is 12.4. The molecule has 1 aromatic carbocycles. The van der Waals surface area contributed by atoms with Gasteiger partial charge in [0.1, 0.15) is 5.69 Å². The van der Waals surface area contributed by atoms with E-state index in [1.54, 1.807) is 30.5 Å². The maximum atomic E-state index is 12.4. The predicted octanol–water partition coefficient (Wildman–Crippen LogP) is 4.82. The van der Waals surface area contributed by atoms with E-state index in [0.717, 1.165) is 18.4 Å². The Morgan fingerprint density at radius 1 is 1.08 bits per heavy atom. The van der Waals surface area contributed by atoms with Gasteiger partial charge in [-0.25, -0.2) is 14.8 Å². The van der Waals surface area contributed by atoms with E-state index in [0.29, 0.717) is 28.8 Å². The third-order valence-electron chi connectivity index (χ3n) is 3.71. The molecule has 2 heterocycles. The molecule has 2 aromatic heterocycles. The summed E-state index contributed by atoms with van der Waals surface area (Å²) in [6.45, 7) is 2.40. The molecule has 0 atom stereocenters. The predicted molar refractivity (Wildman–Crippen MR) is 101 cm³/mol. The number of nitrogens with zero attached hydrogens (tertiary/aromatic N) is 3. The number of esters is 1. The number of rotatable bonds is 6. The summed E-state index contributed by atoms with van der Waals surface area (Å²) in [5, 5.41) is 0.545. The minimum atomic E-state index is -0.480. The van der Waals surface area contributed by atoms with Crippen LogP contribution in [0.4, 0.5) is 0 Å². The highest BCUT2D eigenvalue weighted by Gasteiger charge is 2.16. The molecule has 0 amide bonds. The minimum absolute atomic E-state index is 0.187. The molecule has 0 unspecified atom stereocenters. The van der Waals surface area contributed by atoms with E-state index in [1.807, 2.05) is 31.2 Å². The molecule has 26 heavy (non-hydrogen) atoms. The molecular weight excluding hydrogens is 350 g/mol. The van der Waals surface area contributed by atoms with Gasteiger partial charge in [0.05, 0.1) is 12.3 Å². The molecule has 0 spiro atoms. The fourth-order valence-corrected chi connectivity index (χ4v) is 2.58. The van der Waals surface area contributed by atoms with Crippen LogP contribution in [-0.4, -0.2) is 27.5 Å². The molecule has 0 radical (unpaired) electrons. The van der Waals surface area contributed by atoms with Gasteiger partial charge in [-0.05, 0) is 30.7 Å². The summed E-state index contributed by atoms with van der Waals surface area (Å²) < 4.78 is 5.30. The zero-order chi connectivity index (χ0) is 18.4. The second-order valence-electron chi connectivity index (χ2n) is 5.65. The molecule has 0 aliphatic rings. The van der Waals surface area contributed by atoms with Crippen LogP contribution >= 0.6 is 11.6 Å². The van der Waals surface area contributed by atoms with Gasteiger partial charge in [-0.15, -0.1) is 0 Å². The van der Waals surface area contributed by atoms with Crippen molar-refractivity contribution in [2.24, 2.45) is 0 Å². The lowest BCUT2D eigenvalue weighted by Crippen LogP contribution is -2.10. The average Bonchev–Trinajstić information content (AvgIpc) is 2.69. The van der Waals surface area contributed by atoms with Gasteiger partial charge in [0.15, 0.2) is 11.5 Å². The quantitative estimate of drug-likeness (QED) is 0.461. The highest BCUT2D eigenvalue weighted by Crippen LogP contribution is 2.28. The van der Waals surface area contributed by atoms with E-state index in [1.165, 1.54) is 0 Å². The monoisotopic (exact) mass is 367 g/mol. The molecule has 0 N–H and O–H groups in total. The van der Waals surface area contributed by atoms with Crippen LogP contribution < -0.4 is 0 Å². The lowest BCUT2D eigenvalue weighted by Gasteiger charge is -2.09. The van der Waals surface area contributed by atoms with Crippen molar-refractivity contribution in [2.45, 2.75) is 19.8 Å². The van der Waals surface area contributed by atoms with E-state index < -0.39 is 5.97 Å². The number of pyridine rings is 1. The van der Waals surface area contributed by atoms with Gasteiger partial charge in [-0.2, -0.15) is 0 Å². The van der Waals surface area contributed by atoms with Crippen molar-refractivity contribution in [3.8, 4) is 22.8 Å². The van der Waals surface area contributed by atoms with Gasteiger partial charge in [-0.1, -0.05) is 49.2 Å². The Morgan fingerprint density at radius 3 is 2.62 bits per heavy atom. The third kappa shape index (κ3) is 4.24. The van der Waals surface area contributed by atoms with E-state index in [4.69, 9.17) is 16.3 Å². The Morgan fingerprint density at radius 2 is 1.88 bits per heavy atom. The Labute approximate surface area is 157 Å². The van der Waals surface area contributed by atoms with Crippen LogP contribution in [0.2, 0.25) is 5.02 Å². The Hall–Kier alpha value is -2.79. The molecule has 0 saturated carbocycles. The molecule has 3 aromatic rings. The molecule has 0 fully saturated rings. The van der Waals surface area contributed by atoms with Gasteiger partial charge in [0.25, 0.3) is 0 Å². The number of benzene rings is 1. The first-order chi connectivity index (χ1) is 12.7. The number of ether oxygens (including phenoxy) is 1. The zero-order valence-corrected chi connectivity index (χ0v) is 15.1. The van der Waals surface area contributed by atoms with Crippen molar-refractivity contribution in [1.82, 2.24) is 15.0 Å². The zero-order valence-electron chi connectivity index (χ0n) is 14.4. The topological polar surface area (TPSA) is 65.0 Å². The van der Waals surface area contributed by atoms with Gasteiger partial charge >= 0.3 is 5.97 Å². The largest absolute Gasteiger partial charge is 0.461 e. The summed E-state index contributed by atoms with van der Waals surface area (Å²) in [6.07, 6.45) is 3.41. The summed E-state index contributed by atoms with van der Waals surface area (Å²) in [5.41, 5.74) is 2.03. The number of hydrogen-bond donors (Lipinski definition) is 0. The molecule has 0 aliphatic heterocycles. The van der Waals surface area contributed by atoms with Crippen molar-refractivity contribution < 1.29 is 9.53 Å². The van der Waals surface area contributed by atoms with Crippen LogP contribution in [0.5, 0.6) is 0 Å². The Bertz CT molecular complexity index is 901. The van der Waals surface area contributed by atoms with E-state index in [9.17, 15) is 4.79 Å². The van der Waals surface area contributed by atoms with Crippen LogP contribution in [0.3, 0.4) is 0 Å². The molecule has 5 nitrogen and oxygen atoms in total. The van der Waals surface area contributed by atoms with Crippen LogP contribution in [0.25, 0.3) is 22.8 Å². The highest BCUT2D eigenvalue weighted by atomic mass is 35.5. The fourth-order valence-electron chi connectivity index (χ4n) is 2.35. The van der Waals surface area contributed by atoms with Crippen molar-refractivity contribution in [3.05, 3.63) is 65.4 Å². The lowest BCUT2D eigenvalue weighted by molar-refractivity contribution is 0.0493. The van der Waals surface area contributed by atoms with Crippen molar-refractivity contribution in [3.63, 3.8) is 0 Å². The number of carbonyl (C=O) groups excluding carboxylic acids is 1. The first kappa shape index (κ1) is 18.0. The number of unbranched alkanes of at least 4 members (excludes halogenated alkanes) is 1. The summed E-state index contributed by atoms with van der Waals surface area (Å²) >= 11 is 6.30. The van der Waals surface area contributed by atoms with Crippen LogP contribution in [0, 0.1) is 0 Å². The number of aromatic nitrogens is 3. The fraction of sp³-hybridized carbons (Fsp3) is 0.200. The second kappa shape index (κ2) is 8.54. The maximum Gasteiger partial charge on any atom is 0.357 e. The average molecular weight is 368 g/mol. The van der Waals surface area contributed by atoms with E-state index in [2.05, 4.69) is 15.0 Å². The van der Waals surface area contributed by atoms with Crippen LogP contribution in [0.15, 0.2) is 54.7 Å². The second-order valence-corrected chi connectivity index (χ2v) is 6.05. The van der Waals surface area contributed by atoms with E-state index in [-0.39, 0.29) is 5.69 Å². The normalized spacial score (nSPS) is 10.5. The lowest BCUT2D eigenvalue weighted by atomic mass is 10.1. The minimum Gasteiger partial charge on any atom is -0.461 e. The molecule has 6 heteroatoms. The number of halogens is 1. The standard InChI is InChI=1S/C20H18ClN3O2/c1-2-3-12-26-20(25)18-13-17(14-8-4-5-9-15(14)21)23-19(24-18)16-10-6-7-11-22-16/h4-11,13H,2-3,12H2,1H3. The molecule has 0 saturated heterocycles. The van der Waals surface area contributed by atoms with Gasteiger partial charge in [-0.3, -0.25) is 4.98 Å². The van der Waals surface area contributed by atoms with Crippen LogP contribution in [0.1, 0.15) is 30.3 Å². The van der Waals surface area contributed by atoms with Gasteiger partial charge in [0.2, 0.25) is 0 Å². The van der Waals surface area contributed by atoms with Crippen LogP contribution in [-0.2, 0) is 4.74 Å². The Kier molecular flexibility index (Phi) is 5.92. The highest BCUT2D eigenvalue weighted by molar-refractivity contribution is 6.33. The summed E-state index contributed by atoms with van der Waals surface area (Å²) in [4.78, 5) is 25.6. The number of carbonyl (C=O) groups is 1. The summed E-state index contributed by atoms with van der Waals surface area (Å²) in [5.74, 6) is -0.128. The molecule has 0 bridgehead atoms. The van der Waals surface area contributed by atoms with Gasteiger partial charge < -0.3 is 4.74 Å². The molecule has 0 aliphatic carbocycles. The van der Waals surface area contributed by atoms with Crippen molar-refractivity contribution in [2.75, 3.05) is 6.61 Å². The smallest absolute Gasteiger partial charge is 0.357 e. The molecular formula is C20H18ClN3O2. The molecule has 132 valence electrons. The van der Waals surface area contributed by atoms with Gasteiger partial charge in [0, 0.05) is 16.8 Å². The SMILES string of the molecule is CCCCOC(=O)c1cc(-c2ccccc2Cl)nc(-c2ccccn2)n1. The van der Waals surface area contributed by atoms with Crippen molar-refractivity contribution in [1.29, 1.82) is 0 Å². The Balaban J connectivity index is 2.05.